The number of allylic oxidation sites excluding steroid dienone is 2. The molecule has 1 aromatic heterocycles. The Morgan fingerprint density at radius 3 is 2.79 bits per heavy atom. The van der Waals surface area contributed by atoms with E-state index < -0.39 is 4.92 Å². The monoisotopic (exact) mass is 257 g/mol. The van der Waals surface area contributed by atoms with Crippen LogP contribution in [0.1, 0.15) is 31.4 Å². The Morgan fingerprint density at radius 2 is 2.11 bits per heavy atom. The molecule has 1 heterocycles. The Hall–Kier alpha value is -2.30. The number of nitrogens with zero attached hydrogens (tertiary/aromatic N) is 1. The number of hydrogen-bond donors (Lipinski definition) is 2. The van der Waals surface area contributed by atoms with Crippen LogP contribution in [0.5, 0.6) is 0 Å². The largest absolute Gasteiger partial charge is 0.397 e. The number of nitro benzene ring substituents is 1. The van der Waals surface area contributed by atoms with Crippen molar-refractivity contribution in [3.05, 3.63) is 40.1 Å². The molecule has 2 aromatic rings. The minimum atomic E-state index is -0.414. The van der Waals surface area contributed by atoms with Crippen LogP contribution in [0, 0.1) is 10.1 Å². The molecule has 0 unspecified atom stereocenters. The van der Waals surface area contributed by atoms with Crippen molar-refractivity contribution in [1.82, 2.24) is 4.98 Å². The van der Waals surface area contributed by atoms with E-state index in [1.54, 1.807) is 6.07 Å². The van der Waals surface area contributed by atoms with Crippen molar-refractivity contribution in [3.8, 4) is 0 Å². The Balaban J connectivity index is 2.12. The molecule has 0 atom stereocenters. The maximum atomic E-state index is 10.8. The first-order valence-electron chi connectivity index (χ1n) is 6.41. The van der Waals surface area contributed by atoms with Crippen LogP contribution in [0.2, 0.25) is 0 Å². The van der Waals surface area contributed by atoms with Gasteiger partial charge in [0.2, 0.25) is 0 Å². The molecule has 1 aliphatic rings. The van der Waals surface area contributed by atoms with Crippen LogP contribution in [0.3, 0.4) is 0 Å². The van der Waals surface area contributed by atoms with Gasteiger partial charge in [-0.15, -0.1) is 0 Å². The second kappa shape index (κ2) is 4.42. The van der Waals surface area contributed by atoms with Gasteiger partial charge in [0, 0.05) is 23.2 Å². The third-order valence-electron chi connectivity index (χ3n) is 3.59. The third-order valence-corrected chi connectivity index (χ3v) is 3.59. The van der Waals surface area contributed by atoms with Crippen molar-refractivity contribution < 1.29 is 4.92 Å². The summed E-state index contributed by atoms with van der Waals surface area (Å²) in [7, 11) is 0. The molecule has 3 N–H and O–H groups in total. The van der Waals surface area contributed by atoms with Gasteiger partial charge in [0.15, 0.2) is 0 Å². The molecule has 0 amide bonds. The Labute approximate surface area is 110 Å². The quantitative estimate of drug-likeness (QED) is 0.489. The standard InChI is InChI=1S/C14H15N3O2/c15-12-8-11(17(18)19)6-10-7-13(16-14(10)12)9-4-2-1-3-5-9/h4,6-8,16H,1-3,5,15H2. The zero-order valence-corrected chi connectivity index (χ0v) is 10.5. The Morgan fingerprint density at radius 1 is 1.26 bits per heavy atom. The van der Waals surface area contributed by atoms with Gasteiger partial charge in [-0.1, -0.05) is 6.08 Å². The molecule has 0 saturated heterocycles. The van der Waals surface area contributed by atoms with E-state index in [0.717, 1.165) is 29.4 Å². The lowest BCUT2D eigenvalue weighted by Crippen LogP contribution is -1.93. The number of aromatic amines is 1. The number of anilines is 1. The lowest BCUT2D eigenvalue weighted by atomic mass is 9.97. The molecule has 3 rings (SSSR count). The molecule has 0 radical (unpaired) electrons. The minimum absolute atomic E-state index is 0.0353. The molecule has 0 aliphatic heterocycles. The van der Waals surface area contributed by atoms with Gasteiger partial charge in [0.05, 0.1) is 16.1 Å². The van der Waals surface area contributed by atoms with Gasteiger partial charge >= 0.3 is 0 Å². The molecule has 5 nitrogen and oxygen atoms in total. The summed E-state index contributed by atoms with van der Waals surface area (Å²) in [6, 6.07) is 4.92. The number of nitro groups is 1. The predicted molar refractivity (Wildman–Crippen MR) is 75.8 cm³/mol. The molecule has 0 bridgehead atoms. The molecule has 19 heavy (non-hydrogen) atoms. The molecule has 1 aromatic carbocycles. The van der Waals surface area contributed by atoms with Crippen molar-refractivity contribution in [2.24, 2.45) is 0 Å². The molecule has 98 valence electrons. The van der Waals surface area contributed by atoms with Crippen LogP contribution in [-0.2, 0) is 0 Å². The van der Waals surface area contributed by atoms with Gasteiger partial charge in [0.1, 0.15) is 0 Å². The van der Waals surface area contributed by atoms with Gasteiger partial charge in [-0.2, -0.15) is 0 Å². The first-order chi connectivity index (χ1) is 9.15. The van der Waals surface area contributed by atoms with E-state index in [-0.39, 0.29) is 5.69 Å². The number of fused-ring (bicyclic) bond motifs is 1. The summed E-state index contributed by atoms with van der Waals surface area (Å²) in [5, 5.41) is 11.6. The predicted octanol–water partition coefficient (Wildman–Crippen LogP) is 3.62. The number of nitrogens with one attached hydrogen (secondary N) is 1. The summed E-state index contributed by atoms with van der Waals surface area (Å²) in [6.45, 7) is 0. The number of aromatic nitrogens is 1. The van der Waals surface area contributed by atoms with E-state index in [1.807, 2.05) is 6.07 Å². The minimum Gasteiger partial charge on any atom is -0.397 e. The van der Waals surface area contributed by atoms with Crippen LogP contribution in [0.15, 0.2) is 24.3 Å². The Kier molecular flexibility index (Phi) is 2.74. The van der Waals surface area contributed by atoms with Crippen LogP contribution in [0.25, 0.3) is 16.5 Å². The third kappa shape index (κ3) is 2.07. The maximum Gasteiger partial charge on any atom is 0.272 e. The van der Waals surface area contributed by atoms with Crippen molar-refractivity contribution >= 4 is 27.9 Å². The summed E-state index contributed by atoms with van der Waals surface area (Å²) in [5.41, 5.74) is 9.44. The highest BCUT2D eigenvalue weighted by atomic mass is 16.6. The lowest BCUT2D eigenvalue weighted by Gasteiger charge is -2.10. The van der Waals surface area contributed by atoms with E-state index in [0.29, 0.717) is 5.69 Å². The van der Waals surface area contributed by atoms with E-state index in [4.69, 9.17) is 5.73 Å². The van der Waals surface area contributed by atoms with E-state index >= 15 is 0 Å². The number of nitrogens with two attached hydrogens (primary N) is 1. The summed E-state index contributed by atoms with van der Waals surface area (Å²) in [6.07, 6.45) is 6.81. The molecule has 0 fully saturated rings. The summed E-state index contributed by atoms with van der Waals surface area (Å²) >= 11 is 0. The van der Waals surface area contributed by atoms with Crippen LogP contribution < -0.4 is 5.73 Å². The lowest BCUT2D eigenvalue weighted by molar-refractivity contribution is -0.384. The van der Waals surface area contributed by atoms with Gasteiger partial charge in [0.25, 0.3) is 5.69 Å². The van der Waals surface area contributed by atoms with Gasteiger partial charge in [-0.3, -0.25) is 10.1 Å². The summed E-state index contributed by atoms with van der Waals surface area (Å²) in [4.78, 5) is 13.7. The smallest absolute Gasteiger partial charge is 0.272 e. The highest BCUT2D eigenvalue weighted by Crippen LogP contribution is 2.32. The molecule has 0 saturated carbocycles. The number of nitrogen functional groups attached to an aromatic ring is 1. The average Bonchev–Trinajstić information content (AvgIpc) is 2.84. The highest BCUT2D eigenvalue weighted by Gasteiger charge is 2.14. The van der Waals surface area contributed by atoms with Crippen LogP contribution in [0.4, 0.5) is 11.4 Å². The van der Waals surface area contributed by atoms with Crippen molar-refractivity contribution in [2.75, 3.05) is 5.73 Å². The van der Waals surface area contributed by atoms with Gasteiger partial charge < -0.3 is 10.7 Å². The van der Waals surface area contributed by atoms with Gasteiger partial charge in [-0.25, -0.2) is 0 Å². The van der Waals surface area contributed by atoms with Crippen LogP contribution >= 0.6 is 0 Å². The van der Waals surface area contributed by atoms with E-state index in [1.165, 1.54) is 24.5 Å². The average molecular weight is 257 g/mol. The first-order valence-corrected chi connectivity index (χ1v) is 6.41. The zero-order valence-electron chi connectivity index (χ0n) is 10.5. The second-order valence-corrected chi connectivity index (χ2v) is 4.91. The zero-order chi connectivity index (χ0) is 13.4. The number of H-pyrrole nitrogens is 1. The number of non-ortho nitro benzene ring substituents is 1. The number of hydrogen-bond acceptors (Lipinski definition) is 3. The van der Waals surface area contributed by atoms with E-state index in [2.05, 4.69) is 11.1 Å². The maximum absolute atomic E-state index is 10.8. The molecule has 0 spiro atoms. The highest BCUT2D eigenvalue weighted by molar-refractivity contribution is 5.95. The van der Waals surface area contributed by atoms with Gasteiger partial charge in [-0.05, 0) is 37.3 Å². The fourth-order valence-electron chi connectivity index (χ4n) is 2.62. The molecular formula is C14H15N3O2. The Bertz CT molecular complexity index is 685. The van der Waals surface area contributed by atoms with Crippen LogP contribution in [-0.4, -0.2) is 9.91 Å². The normalized spacial score (nSPS) is 15.5. The fraction of sp³-hybridized carbons (Fsp3) is 0.286. The first kappa shape index (κ1) is 11.8. The number of benzene rings is 1. The van der Waals surface area contributed by atoms with Crippen molar-refractivity contribution in [1.29, 1.82) is 0 Å². The number of rotatable bonds is 2. The SMILES string of the molecule is Nc1cc([N+](=O)[O-])cc2cc(C3=CCCCC3)[nH]c12. The fourth-order valence-corrected chi connectivity index (χ4v) is 2.62. The summed E-state index contributed by atoms with van der Waals surface area (Å²) < 4.78 is 0. The summed E-state index contributed by atoms with van der Waals surface area (Å²) in [5.74, 6) is 0. The topological polar surface area (TPSA) is 84.9 Å². The van der Waals surface area contributed by atoms with Crippen molar-refractivity contribution in [2.45, 2.75) is 25.7 Å². The van der Waals surface area contributed by atoms with Crippen molar-refractivity contribution in [3.63, 3.8) is 0 Å². The molecule has 1 aliphatic carbocycles. The second-order valence-electron chi connectivity index (χ2n) is 4.91. The van der Waals surface area contributed by atoms with E-state index in [9.17, 15) is 10.1 Å². The molecule has 5 heteroatoms. The molecular weight excluding hydrogens is 242 g/mol.